The minimum atomic E-state index is -4.71. The summed E-state index contributed by atoms with van der Waals surface area (Å²) >= 11 is 0. The number of nitriles is 1. The Morgan fingerprint density at radius 3 is 2.37 bits per heavy atom. The maximum Gasteiger partial charge on any atom is 0.435 e. The van der Waals surface area contributed by atoms with Crippen molar-refractivity contribution in [2.45, 2.75) is 17.6 Å². The van der Waals surface area contributed by atoms with E-state index in [1.165, 1.54) is 7.05 Å². The summed E-state index contributed by atoms with van der Waals surface area (Å²) in [4.78, 5) is 0. The Balaban J connectivity index is 1.83. The van der Waals surface area contributed by atoms with Gasteiger partial charge in [-0.2, -0.15) is 27.8 Å². The minimum absolute atomic E-state index is 0.0458. The zero-order valence-corrected chi connectivity index (χ0v) is 15.0. The van der Waals surface area contributed by atoms with Crippen molar-refractivity contribution in [1.82, 2.24) is 14.1 Å². The summed E-state index contributed by atoms with van der Waals surface area (Å²) in [5.74, 6) is 0. The Morgan fingerprint density at radius 2 is 1.89 bits per heavy atom. The largest absolute Gasteiger partial charge is 0.435 e. The number of aryl methyl sites for hydroxylation is 1. The van der Waals surface area contributed by atoms with Gasteiger partial charge in [0.15, 0.2) is 10.7 Å². The third-order valence-electron chi connectivity index (χ3n) is 4.29. The van der Waals surface area contributed by atoms with Crippen molar-refractivity contribution in [3.63, 3.8) is 0 Å². The van der Waals surface area contributed by atoms with Gasteiger partial charge in [-0.15, -0.1) is 0 Å². The first-order valence-electron chi connectivity index (χ1n) is 7.94. The molecule has 0 N–H and O–H groups in total. The van der Waals surface area contributed by atoms with Gasteiger partial charge in [0.1, 0.15) is 0 Å². The first kappa shape index (κ1) is 19.1. The van der Waals surface area contributed by atoms with E-state index in [-0.39, 0.29) is 13.1 Å². The highest BCUT2D eigenvalue weighted by Gasteiger charge is 2.38. The predicted octanol–water partition coefficient (Wildman–Crippen LogP) is 2.79. The molecule has 0 radical (unpaired) electrons. The number of aromatic nitrogens is 2. The number of rotatable bonds is 3. The second-order valence-corrected chi connectivity index (χ2v) is 7.91. The van der Waals surface area contributed by atoms with Crippen LogP contribution in [0.1, 0.15) is 23.2 Å². The molecule has 0 atom stereocenters. The van der Waals surface area contributed by atoms with E-state index >= 15 is 0 Å². The van der Waals surface area contributed by atoms with Gasteiger partial charge in [0.05, 0.1) is 11.6 Å². The van der Waals surface area contributed by atoms with Crippen LogP contribution < -0.4 is 0 Å². The van der Waals surface area contributed by atoms with Crippen molar-refractivity contribution in [2.75, 3.05) is 13.1 Å². The van der Waals surface area contributed by atoms with Gasteiger partial charge >= 0.3 is 6.18 Å². The average Bonchev–Trinajstić information content (AvgIpc) is 3.05. The van der Waals surface area contributed by atoms with Gasteiger partial charge in [-0.3, -0.25) is 4.68 Å². The molecule has 0 unspecified atom stereocenters. The van der Waals surface area contributed by atoms with Crippen molar-refractivity contribution in [3.05, 3.63) is 53.2 Å². The van der Waals surface area contributed by atoms with Gasteiger partial charge in [-0.1, -0.05) is 18.2 Å². The molecule has 0 spiro atoms. The van der Waals surface area contributed by atoms with Crippen molar-refractivity contribution in [3.8, 4) is 6.07 Å². The fourth-order valence-electron chi connectivity index (χ4n) is 2.85. The molecule has 0 saturated heterocycles. The van der Waals surface area contributed by atoms with Gasteiger partial charge in [0.2, 0.25) is 0 Å². The van der Waals surface area contributed by atoms with Crippen LogP contribution in [0.3, 0.4) is 0 Å². The molecule has 1 aliphatic rings. The first-order valence-corrected chi connectivity index (χ1v) is 9.38. The van der Waals surface area contributed by atoms with Crippen LogP contribution in [0.5, 0.6) is 0 Å². The van der Waals surface area contributed by atoms with Crippen molar-refractivity contribution in [1.29, 1.82) is 5.26 Å². The van der Waals surface area contributed by atoms with E-state index in [0.29, 0.717) is 18.1 Å². The summed E-state index contributed by atoms with van der Waals surface area (Å²) in [5, 5.41) is 11.6. The molecule has 3 rings (SSSR count). The summed E-state index contributed by atoms with van der Waals surface area (Å²) in [6, 6.07) is 9.49. The van der Waals surface area contributed by atoms with Crippen molar-refractivity contribution in [2.24, 2.45) is 7.05 Å². The van der Waals surface area contributed by atoms with Gasteiger partial charge in [-0.05, 0) is 29.7 Å². The lowest BCUT2D eigenvalue weighted by Crippen LogP contribution is -2.35. The predicted molar refractivity (Wildman–Crippen MR) is 90.7 cm³/mol. The molecule has 0 saturated carbocycles. The van der Waals surface area contributed by atoms with E-state index < -0.39 is 26.9 Å². The molecule has 142 valence electrons. The van der Waals surface area contributed by atoms with E-state index in [2.05, 4.69) is 5.10 Å². The SMILES string of the molecule is Cn1nc(C(F)(F)F)cc1S(=O)(=O)N1CC=C(c2ccc(C#N)cc2)CC1. The second-order valence-electron chi connectivity index (χ2n) is 6.02. The first-order chi connectivity index (χ1) is 12.6. The number of benzene rings is 1. The minimum Gasteiger partial charge on any atom is -0.255 e. The van der Waals surface area contributed by atoms with E-state index in [1.807, 2.05) is 6.07 Å². The molecule has 0 aliphatic carbocycles. The lowest BCUT2D eigenvalue weighted by molar-refractivity contribution is -0.141. The number of hydrogen-bond donors (Lipinski definition) is 0. The van der Waals surface area contributed by atoms with Crippen LogP contribution in [0.4, 0.5) is 13.2 Å². The zero-order valence-electron chi connectivity index (χ0n) is 14.2. The molecular formula is C17H15F3N4O2S. The monoisotopic (exact) mass is 396 g/mol. The molecule has 2 aromatic rings. The highest BCUT2D eigenvalue weighted by Crippen LogP contribution is 2.31. The normalized spacial score (nSPS) is 16.0. The van der Waals surface area contributed by atoms with E-state index in [4.69, 9.17) is 5.26 Å². The van der Waals surface area contributed by atoms with Crippen molar-refractivity contribution < 1.29 is 21.6 Å². The molecule has 10 heteroatoms. The summed E-state index contributed by atoms with van der Waals surface area (Å²) in [5.41, 5.74) is 1.09. The molecule has 0 amide bonds. The van der Waals surface area contributed by atoms with Crippen LogP contribution in [0.2, 0.25) is 0 Å². The number of hydrogen-bond acceptors (Lipinski definition) is 4. The second kappa shape index (κ2) is 6.83. The Labute approximate surface area is 154 Å². The summed E-state index contributed by atoms with van der Waals surface area (Å²) in [7, 11) is -2.93. The Hall–Kier alpha value is -2.64. The lowest BCUT2D eigenvalue weighted by Gasteiger charge is -2.25. The van der Waals surface area contributed by atoms with Crippen molar-refractivity contribution >= 4 is 15.6 Å². The average molecular weight is 396 g/mol. The maximum atomic E-state index is 12.8. The topological polar surface area (TPSA) is 79.0 Å². The molecule has 1 aliphatic heterocycles. The quantitative estimate of drug-likeness (QED) is 0.799. The van der Waals surface area contributed by atoms with Crippen LogP contribution in [0, 0.1) is 11.3 Å². The van der Waals surface area contributed by atoms with Crippen LogP contribution in [-0.2, 0) is 23.2 Å². The highest BCUT2D eigenvalue weighted by molar-refractivity contribution is 7.89. The van der Waals surface area contributed by atoms with Crippen LogP contribution >= 0.6 is 0 Å². The van der Waals surface area contributed by atoms with Gasteiger partial charge < -0.3 is 0 Å². The van der Waals surface area contributed by atoms with Gasteiger partial charge in [0.25, 0.3) is 10.0 Å². The Bertz CT molecular complexity index is 1030. The number of halogens is 3. The van der Waals surface area contributed by atoms with Crippen LogP contribution in [0.15, 0.2) is 41.4 Å². The van der Waals surface area contributed by atoms with E-state index in [0.717, 1.165) is 20.1 Å². The van der Waals surface area contributed by atoms with Gasteiger partial charge in [-0.25, -0.2) is 8.42 Å². The standard InChI is InChI=1S/C17H15F3N4O2S/c1-23-16(10-15(22-23)17(18,19)20)27(25,26)24-8-6-14(7-9-24)13-4-2-12(11-21)3-5-13/h2-6,10H,7-9H2,1H3. The molecule has 6 nitrogen and oxygen atoms in total. The Kier molecular flexibility index (Phi) is 4.84. The molecule has 2 heterocycles. The molecule has 27 heavy (non-hydrogen) atoms. The van der Waals surface area contributed by atoms with E-state index in [1.54, 1.807) is 30.3 Å². The zero-order chi connectivity index (χ0) is 19.8. The maximum absolute atomic E-state index is 12.8. The Morgan fingerprint density at radius 1 is 1.22 bits per heavy atom. The summed E-state index contributed by atoms with van der Waals surface area (Å²) in [6.45, 7) is 0.185. The third-order valence-corrected chi connectivity index (χ3v) is 6.21. The lowest BCUT2D eigenvalue weighted by atomic mass is 9.99. The van der Waals surface area contributed by atoms with Crippen LogP contribution in [0.25, 0.3) is 5.57 Å². The summed E-state index contributed by atoms with van der Waals surface area (Å²) in [6.07, 6.45) is -2.57. The molecule has 0 fully saturated rings. The van der Waals surface area contributed by atoms with E-state index in [9.17, 15) is 21.6 Å². The third kappa shape index (κ3) is 3.74. The fourth-order valence-corrected chi connectivity index (χ4v) is 4.35. The highest BCUT2D eigenvalue weighted by atomic mass is 32.2. The summed E-state index contributed by atoms with van der Waals surface area (Å²) < 4.78 is 65.6. The van der Waals surface area contributed by atoms with Gasteiger partial charge in [0, 0.05) is 26.2 Å². The number of alkyl halides is 3. The molecule has 0 bridgehead atoms. The van der Waals surface area contributed by atoms with Crippen LogP contribution in [-0.4, -0.2) is 35.6 Å². The molecular weight excluding hydrogens is 381 g/mol. The number of nitrogens with zero attached hydrogens (tertiary/aromatic N) is 4. The molecule has 1 aromatic heterocycles. The fraction of sp³-hybridized carbons (Fsp3) is 0.294. The number of sulfonamides is 1. The molecule has 1 aromatic carbocycles. The smallest absolute Gasteiger partial charge is 0.255 e.